The Kier molecular flexibility index (Phi) is 6.13. The molecule has 0 fully saturated rings. The Morgan fingerprint density at radius 2 is 1.83 bits per heavy atom. The quantitative estimate of drug-likeness (QED) is 0.806. The van der Waals surface area contributed by atoms with Gasteiger partial charge in [-0.15, -0.1) is 11.3 Å². The number of likely N-dealkylation sites (N-methyl/N-ethyl adjacent to an activating group) is 2. The van der Waals surface area contributed by atoms with Crippen LogP contribution in [0.2, 0.25) is 0 Å². The highest BCUT2D eigenvalue weighted by atomic mass is 32.1. The van der Waals surface area contributed by atoms with Crippen LogP contribution >= 0.6 is 11.3 Å². The third kappa shape index (κ3) is 4.65. The number of benzene rings is 1. The molecule has 1 aromatic heterocycles. The summed E-state index contributed by atoms with van der Waals surface area (Å²) in [5.74, 6) is 0.145. The molecule has 1 amide bonds. The van der Waals surface area contributed by atoms with Gasteiger partial charge in [0.05, 0.1) is 17.1 Å². The Morgan fingerprint density at radius 3 is 2.46 bits per heavy atom. The minimum atomic E-state index is 0.145. The van der Waals surface area contributed by atoms with Gasteiger partial charge >= 0.3 is 0 Å². The number of hydrogen-bond donors (Lipinski definition) is 0. The molecule has 5 heteroatoms. The van der Waals surface area contributed by atoms with Gasteiger partial charge in [0.25, 0.3) is 0 Å². The highest BCUT2D eigenvalue weighted by Crippen LogP contribution is 2.31. The van der Waals surface area contributed by atoms with Crippen LogP contribution in [0.4, 0.5) is 0 Å². The van der Waals surface area contributed by atoms with Gasteiger partial charge in [0.1, 0.15) is 0 Å². The zero-order chi connectivity index (χ0) is 17.9. The highest BCUT2D eigenvalue weighted by Gasteiger charge is 2.18. The van der Waals surface area contributed by atoms with E-state index in [1.165, 1.54) is 11.1 Å². The second kappa shape index (κ2) is 7.90. The molecule has 2 rings (SSSR count). The zero-order valence-electron chi connectivity index (χ0n) is 15.5. The van der Waals surface area contributed by atoms with Crippen LogP contribution in [0.3, 0.4) is 0 Å². The van der Waals surface area contributed by atoms with Gasteiger partial charge in [0, 0.05) is 30.6 Å². The van der Waals surface area contributed by atoms with Crippen molar-refractivity contribution in [1.82, 2.24) is 14.8 Å². The lowest BCUT2D eigenvalue weighted by Crippen LogP contribution is -2.34. The molecule has 0 radical (unpaired) electrons. The van der Waals surface area contributed by atoms with Crippen LogP contribution < -0.4 is 0 Å². The molecule has 0 N–H and O–H groups in total. The minimum absolute atomic E-state index is 0.145. The fourth-order valence-electron chi connectivity index (χ4n) is 2.63. The number of carbonyl (C=O) groups excluding carboxylic acids is 1. The van der Waals surface area contributed by atoms with Crippen molar-refractivity contribution in [3.8, 4) is 11.3 Å². The maximum Gasteiger partial charge on any atom is 0.227 e. The summed E-state index contributed by atoms with van der Waals surface area (Å²) in [6, 6.07) is 6.38. The van der Waals surface area contributed by atoms with Gasteiger partial charge in [-0.2, -0.15) is 0 Å². The van der Waals surface area contributed by atoms with E-state index in [-0.39, 0.29) is 5.91 Å². The van der Waals surface area contributed by atoms with Crippen molar-refractivity contribution in [3.63, 3.8) is 0 Å². The molecule has 4 nitrogen and oxygen atoms in total. The third-order valence-corrected chi connectivity index (χ3v) is 5.03. The number of rotatable bonds is 6. The first-order valence-electron chi connectivity index (χ1n) is 8.20. The smallest absolute Gasteiger partial charge is 0.227 e. The molecule has 0 aliphatic rings. The van der Waals surface area contributed by atoms with Crippen LogP contribution in [-0.4, -0.2) is 54.9 Å². The number of carbonyl (C=O) groups is 1. The zero-order valence-corrected chi connectivity index (χ0v) is 16.3. The van der Waals surface area contributed by atoms with Crippen molar-refractivity contribution in [2.75, 3.05) is 34.2 Å². The van der Waals surface area contributed by atoms with Crippen molar-refractivity contribution < 1.29 is 4.79 Å². The lowest BCUT2D eigenvalue weighted by atomic mass is 10.0. The molecule has 0 saturated carbocycles. The number of amides is 1. The number of hydrogen-bond acceptors (Lipinski definition) is 4. The van der Waals surface area contributed by atoms with E-state index < -0.39 is 0 Å². The predicted molar refractivity (Wildman–Crippen MR) is 102 cm³/mol. The second-order valence-corrected chi connectivity index (χ2v) is 7.91. The van der Waals surface area contributed by atoms with E-state index >= 15 is 0 Å². The van der Waals surface area contributed by atoms with Crippen molar-refractivity contribution in [3.05, 3.63) is 39.2 Å². The van der Waals surface area contributed by atoms with E-state index in [0.29, 0.717) is 6.42 Å². The van der Waals surface area contributed by atoms with Crippen molar-refractivity contribution in [2.45, 2.75) is 27.2 Å². The summed E-state index contributed by atoms with van der Waals surface area (Å²) in [7, 11) is 5.91. The standard InChI is InChI=1S/C19H27N3OS/c1-13-7-8-16(14(2)11-13)19-17(24-15(3)20-19)12-18(23)22(6)10-9-21(4)5/h7-8,11H,9-10,12H2,1-6H3. The predicted octanol–water partition coefficient (Wildman–Crippen LogP) is 3.30. The Bertz CT molecular complexity index is 721. The average molecular weight is 346 g/mol. The fourth-order valence-corrected chi connectivity index (χ4v) is 3.57. The summed E-state index contributed by atoms with van der Waals surface area (Å²) >= 11 is 1.62. The maximum absolute atomic E-state index is 12.5. The van der Waals surface area contributed by atoms with Crippen molar-refractivity contribution in [1.29, 1.82) is 0 Å². The molecule has 0 aliphatic carbocycles. The number of thiazole rings is 1. The van der Waals surface area contributed by atoms with Gasteiger partial charge in [0.15, 0.2) is 0 Å². The largest absolute Gasteiger partial charge is 0.344 e. The van der Waals surface area contributed by atoms with Crippen LogP contribution in [0.15, 0.2) is 18.2 Å². The van der Waals surface area contributed by atoms with Gasteiger partial charge < -0.3 is 9.80 Å². The average Bonchev–Trinajstić information content (AvgIpc) is 2.85. The summed E-state index contributed by atoms with van der Waals surface area (Å²) in [6.07, 6.45) is 0.415. The monoisotopic (exact) mass is 345 g/mol. The number of aryl methyl sites for hydroxylation is 3. The molecular weight excluding hydrogens is 318 g/mol. The summed E-state index contributed by atoms with van der Waals surface area (Å²) < 4.78 is 0. The number of aromatic nitrogens is 1. The van der Waals surface area contributed by atoms with Gasteiger partial charge in [-0.05, 0) is 40.4 Å². The molecule has 0 bridgehead atoms. The van der Waals surface area contributed by atoms with E-state index in [1.54, 1.807) is 16.2 Å². The third-order valence-electron chi connectivity index (χ3n) is 4.06. The molecule has 1 heterocycles. The fraction of sp³-hybridized carbons (Fsp3) is 0.474. The van der Waals surface area contributed by atoms with Crippen LogP contribution in [0.25, 0.3) is 11.3 Å². The first-order valence-corrected chi connectivity index (χ1v) is 9.02. The molecule has 0 spiro atoms. The van der Waals surface area contributed by atoms with Gasteiger partial charge in [-0.3, -0.25) is 4.79 Å². The van der Waals surface area contributed by atoms with E-state index in [1.807, 2.05) is 28.1 Å². The topological polar surface area (TPSA) is 36.4 Å². The van der Waals surface area contributed by atoms with E-state index in [9.17, 15) is 4.79 Å². The molecule has 130 valence electrons. The molecule has 2 aromatic rings. The Labute approximate surface area is 149 Å². The molecule has 0 atom stereocenters. The van der Waals surface area contributed by atoms with Crippen molar-refractivity contribution >= 4 is 17.2 Å². The molecule has 0 aliphatic heterocycles. The van der Waals surface area contributed by atoms with E-state index in [0.717, 1.165) is 34.2 Å². The normalized spacial score (nSPS) is 11.1. The molecule has 0 unspecified atom stereocenters. The second-order valence-electron chi connectivity index (χ2n) is 6.62. The van der Waals surface area contributed by atoms with Crippen molar-refractivity contribution in [2.24, 2.45) is 0 Å². The van der Waals surface area contributed by atoms with Gasteiger partial charge in [-0.1, -0.05) is 23.8 Å². The lowest BCUT2D eigenvalue weighted by Gasteiger charge is -2.19. The van der Waals surface area contributed by atoms with Gasteiger partial charge in [0.2, 0.25) is 5.91 Å². The van der Waals surface area contributed by atoms with Crippen LogP contribution in [0.5, 0.6) is 0 Å². The summed E-state index contributed by atoms with van der Waals surface area (Å²) in [4.78, 5) is 22.2. The SMILES string of the molecule is Cc1ccc(-c2nc(C)sc2CC(=O)N(C)CCN(C)C)c(C)c1. The molecule has 0 saturated heterocycles. The van der Waals surface area contributed by atoms with E-state index in [2.05, 4.69) is 36.9 Å². The van der Waals surface area contributed by atoms with Crippen LogP contribution in [0.1, 0.15) is 21.0 Å². The Morgan fingerprint density at radius 1 is 1.12 bits per heavy atom. The lowest BCUT2D eigenvalue weighted by molar-refractivity contribution is -0.129. The molecule has 1 aromatic carbocycles. The van der Waals surface area contributed by atoms with Crippen LogP contribution in [0, 0.1) is 20.8 Å². The Balaban J connectivity index is 2.21. The minimum Gasteiger partial charge on any atom is -0.344 e. The molecule has 24 heavy (non-hydrogen) atoms. The molecular formula is C19H27N3OS. The summed E-state index contributed by atoms with van der Waals surface area (Å²) in [5.41, 5.74) is 4.53. The Hall–Kier alpha value is -1.72. The highest BCUT2D eigenvalue weighted by molar-refractivity contribution is 7.12. The number of nitrogens with zero attached hydrogens (tertiary/aromatic N) is 3. The summed E-state index contributed by atoms with van der Waals surface area (Å²) in [5, 5.41) is 1.00. The van der Waals surface area contributed by atoms with Gasteiger partial charge in [-0.25, -0.2) is 4.98 Å². The van der Waals surface area contributed by atoms with E-state index in [4.69, 9.17) is 4.98 Å². The maximum atomic E-state index is 12.5. The first-order chi connectivity index (χ1) is 11.3. The first kappa shape index (κ1) is 18.6. The van der Waals surface area contributed by atoms with Crippen LogP contribution in [-0.2, 0) is 11.2 Å². The summed E-state index contributed by atoms with van der Waals surface area (Å²) in [6.45, 7) is 7.80.